The van der Waals surface area contributed by atoms with Crippen LogP contribution in [0.15, 0.2) is 47.1 Å². The van der Waals surface area contributed by atoms with Crippen molar-refractivity contribution in [2.75, 3.05) is 13.9 Å². The lowest BCUT2D eigenvalue weighted by Gasteiger charge is -2.15. The highest BCUT2D eigenvalue weighted by Gasteiger charge is 2.25. The van der Waals surface area contributed by atoms with Crippen molar-refractivity contribution in [2.24, 2.45) is 0 Å². The van der Waals surface area contributed by atoms with Gasteiger partial charge >= 0.3 is 0 Å². The van der Waals surface area contributed by atoms with Gasteiger partial charge in [0.05, 0.1) is 0 Å². The Morgan fingerprint density at radius 3 is 2.85 bits per heavy atom. The summed E-state index contributed by atoms with van der Waals surface area (Å²) in [6, 6.07) is 10.3. The largest absolute Gasteiger partial charge is 0.618 e. The van der Waals surface area contributed by atoms with Crippen LogP contribution in [0.4, 0.5) is 0 Å². The molecule has 6 heteroatoms. The maximum atomic E-state index is 11.9. The average Bonchev–Trinajstić information content (AvgIpc) is 2.44. The highest BCUT2D eigenvalue weighted by molar-refractivity contribution is 9.10. The van der Waals surface area contributed by atoms with Crippen molar-refractivity contribution < 1.29 is 19.3 Å². The van der Waals surface area contributed by atoms with E-state index in [1.54, 1.807) is 30.3 Å². The van der Waals surface area contributed by atoms with E-state index in [0.29, 0.717) is 10.3 Å². The first-order valence-electron chi connectivity index (χ1n) is 5.91. The summed E-state index contributed by atoms with van der Waals surface area (Å²) in [5, 5.41) is 22.3. The number of rotatable bonds is 5. The first-order chi connectivity index (χ1) is 9.63. The van der Waals surface area contributed by atoms with Gasteiger partial charge in [-0.2, -0.15) is 4.73 Å². The summed E-state index contributed by atoms with van der Waals surface area (Å²) in [6.45, 7) is 0.00220. The molecule has 2 rings (SSSR count). The van der Waals surface area contributed by atoms with Gasteiger partial charge in [0.1, 0.15) is 0 Å². The zero-order valence-corrected chi connectivity index (χ0v) is 12.4. The standard InChI is InChI=1S/C14H14BrNO4/c1-19-9-20-12-6-3-7-16(18)13(12)14(17)10-4-2-5-11(15)8-10/h2-8,14,17H,9H2,1H3. The summed E-state index contributed by atoms with van der Waals surface area (Å²) >= 11 is 3.33. The molecule has 1 unspecified atom stereocenters. The molecular weight excluding hydrogens is 326 g/mol. The van der Waals surface area contributed by atoms with Crippen LogP contribution in [0.1, 0.15) is 17.4 Å². The first kappa shape index (κ1) is 14.8. The predicted molar refractivity (Wildman–Crippen MR) is 76.1 cm³/mol. The van der Waals surface area contributed by atoms with Crippen molar-refractivity contribution in [3.8, 4) is 5.75 Å². The van der Waals surface area contributed by atoms with Crippen LogP contribution in [0.3, 0.4) is 0 Å². The minimum atomic E-state index is -1.09. The molecular formula is C14H14BrNO4. The molecule has 5 nitrogen and oxygen atoms in total. The third kappa shape index (κ3) is 3.27. The van der Waals surface area contributed by atoms with E-state index in [2.05, 4.69) is 15.9 Å². The number of methoxy groups -OCH3 is 1. The molecule has 0 fully saturated rings. The van der Waals surface area contributed by atoms with Gasteiger partial charge < -0.3 is 19.8 Å². The number of halogens is 1. The minimum Gasteiger partial charge on any atom is -0.618 e. The van der Waals surface area contributed by atoms with E-state index in [1.165, 1.54) is 13.3 Å². The van der Waals surface area contributed by atoms with Crippen molar-refractivity contribution in [1.29, 1.82) is 0 Å². The van der Waals surface area contributed by atoms with Gasteiger partial charge in [-0.15, -0.1) is 0 Å². The van der Waals surface area contributed by atoms with Gasteiger partial charge in [0.25, 0.3) is 5.69 Å². The second kappa shape index (κ2) is 6.69. The second-order valence-electron chi connectivity index (χ2n) is 4.09. The number of ether oxygens (including phenoxy) is 2. The molecule has 0 saturated carbocycles. The Balaban J connectivity index is 2.40. The zero-order chi connectivity index (χ0) is 14.5. The number of nitrogens with zero attached hydrogens (tertiary/aromatic N) is 1. The third-order valence-electron chi connectivity index (χ3n) is 2.71. The number of hydrogen-bond donors (Lipinski definition) is 1. The summed E-state index contributed by atoms with van der Waals surface area (Å²) in [4.78, 5) is 0. The number of pyridine rings is 1. The smallest absolute Gasteiger partial charge is 0.268 e. The topological polar surface area (TPSA) is 65.6 Å². The number of hydrogen-bond acceptors (Lipinski definition) is 4. The van der Waals surface area contributed by atoms with Crippen LogP contribution in [0, 0.1) is 5.21 Å². The molecule has 0 aliphatic rings. The molecule has 106 valence electrons. The summed E-state index contributed by atoms with van der Waals surface area (Å²) in [6.07, 6.45) is 0.231. The van der Waals surface area contributed by atoms with Crippen LogP contribution in [0.25, 0.3) is 0 Å². The molecule has 0 radical (unpaired) electrons. The fourth-order valence-corrected chi connectivity index (χ4v) is 2.23. The summed E-state index contributed by atoms with van der Waals surface area (Å²) in [7, 11) is 1.48. The van der Waals surface area contributed by atoms with Crippen molar-refractivity contribution >= 4 is 15.9 Å². The van der Waals surface area contributed by atoms with Crippen molar-refractivity contribution in [2.45, 2.75) is 6.10 Å². The molecule has 0 saturated heterocycles. The van der Waals surface area contributed by atoms with E-state index in [9.17, 15) is 10.3 Å². The van der Waals surface area contributed by atoms with Crippen LogP contribution < -0.4 is 9.47 Å². The predicted octanol–water partition coefficient (Wildman–Crippen LogP) is 2.15. The lowest BCUT2D eigenvalue weighted by molar-refractivity contribution is -0.618. The summed E-state index contributed by atoms with van der Waals surface area (Å²) in [5.41, 5.74) is 0.722. The quantitative estimate of drug-likeness (QED) is 0.515. The molecule has 1 aromatic heterocycles. The van der Waals surface area contributed by atoms with E-state index < -0.39 is 6.10 Å². The van der Waals surface area contributed by atoms with Gasteiger partial charge in [0.15, 0.2) is 24.8 Å². The molecule has 1 aromatic carbocycles. The SMILES string of the molecule is COCOc1ccc[n+]([O-])c1C(O)c1cccc(Br)c1. The third-order valence-corrected chi connectivity index (χ3v) is 3.21. The van der Waals surface area contributed by atoms with Crippen LogP contribution in [0.2, 0.25) is 0 Å². The van der Waals surface area contributed by atoms with Gasteiger partial charge in [-0.25, -0.2) is 0 Å². The molecule has 2 aromatic rings. The molecule has 1 N–H and O–H groups in total. The van der Waals surface area contributed by atoms with Crippen LogP contribution in [-0.4, -0.2) is 19.0 Å². The molecule has 20 heavy (non-hydrogen) atoms. The number of aromatic nitrogens is 1. The monoisotopic (exact) mass is 339 g/mol. The Morgan fingerprint density at radius 2 is 2.15 bits per heavy atom. The van der Waals surface area contributed by atoms with Crippen molar-refractivity contribution in [3.05, 3.63) is 63.5 Å². The van der Waals surface area contributed by atoms with E-state index >= 15 is 0 Å². The molecule has 0 aliphatic heterocycles. The Labute approximate surface area is 125 Å². The highest BCUT2D eigenvalue weighted by atomic mass is 79.9. The maximum Gasteiger partial charge on any atom is 0.268 e. The van der Waals surface area contributed by atoms with Crippen LogP contribution in [0.5, 0.6) is 5.75 Å². The minimum absolute atomic E-state index is 0.00220. The molecule has 0 spiro atoms. The van der Waals surface area contributed by atoms with Gasteiger partial charge in [0.2, 0.25) is 0 Å². The van der Waals surface area contributed by atoms with E-state index in [-0.39, 0.29) is 18.2 Å². The average molecular weight is 340 g/mol. The van der Waals surface area contributed by atoms with Gasteiger partial charge in [0, 0.05) is 17.6 Å². The van der Waals surface area contributed by atoms with Crippen LogP contribution in [-0.2, 0) is 4.74 Å². The highest BCUT2D eigenvalue weighted by Crippen LogP contribution is 2.28. The maximum absolute atomic E-state index is 11.9. The number of benzene rings is 1. The van der Waals surface area contributed by atoms with Crippen LogP contribution >= 0.6 is 15.9 Å². The van der Waals surface area contributed by atoms with Gasteiger partial charge in [-0.3, -0.25) is 0 Å². The molecule has 0 amide bonds. The lowest BCUT2D eigenvalue weighted by Crippen LogP contribution is -2.34. The zero-order valence-electron chi connectivity index (χ0n) is 10.8. The Kier molecular flexibility index (Phi) is 4.94. The second-order valence-corrected chi connectivity index (χ2v) is 5.01. The number of aliphatic hydroxyl groups excluding tert-OH is 1. The van der Waals surface area contributed by atoms with Crippen molar-refractivity contribution in [1.82, 2.24) is 0 Å². The molecule has 1 atom stereocenters. The Morgan fingerprint density at radius 1 is 1.35 bits per heavy atom. The Bertz CT molecular complexity index is 591. The van der Waals surface area contributed by atoms with E-state index in [4.69, 9.17) is 9.47 Å². The summed E-state index contributed by atoms with van der Waals surface area (Å²) in [5.74, 6) is 0.289. The molecule has 1 heterocycles. The van der Waals surface area contributed by atoms with Crippen molar-refractivity contribution in [3.63, 3.8) is 0 Å². The van der Waals surface area contributed by atoms with Gasteiger partial charge in [-0.1, -0.05) is 28.1 Å². The summed E-state index contributed by atoms with van der Waals surface area (Å²) < 4.78 is 11.6. The van der Waals surface area contributed by atoms with E-state index in [1.807, 2.05) is 6.07 Å². The lowest BCUT2D eigenvalue weighted by atomic mass is 10.1. The number of aliphatic hydroxyl groups is 1. The Hall–Kier alpha value is -1.63. The van der Waals surface area contributed by atoms with E-state index in [0.717, 1.165) is 4.47 Å². The molecule has 0 bridgehead atoms. The fraction of sp³-hybridized carbons (Fsp3) is 0.214. The van der Waals surface area contributed by atoms with Gasteiger partial charge in [-0.05, 0) is 23.8 Å². The fourth-order valence-electron chi connectivity index (χ4n) is 1.82. The molecule has 0 aliphatic carbocycles. The normalized spacial score (nSPS) is 12.2. The first-order valence-corrected chi connectivity index (χ1v) is 6.70.